The molecule has 2 heteroatoms. The van der Waals surface area contributed by atoms with Crippen LogP contribution in [-0.2, 0) is 5.41 Å². The lowest BCUT2D eigenvalue weighted by Gasteiger charge is -2.19. The highest BCUT2D eigenvalue weighted by Gasteiger charge is 2.18. The average molecular weight is 261 g/mol. The predicted molar refractivity (Wildman–Crippen MR) is 80.9 cm³/mol. The van der Waals surface area contributed by atoms with E-state index in [-0.39, 0.29) is 5.41 Å². The molecular weight excluding hydrogens is 234 g/mol. The maximum atomic E-state index is 5.83. The molecule has 0 N–H and O–H groups in total. The van der Waals surface area contributed by atoms with E-state index in [1.54, 1.807) is 0 Å². The molecule has 0 aromatic heterocycles. The number of hydrogen-bond acceptors (Lipinski definition) is 2. The predicted octanol–water partition coefficient (Wildman–Crippen LogP) is 3.70. The Bertz CT molecular complexity index is 391. The molecule has 0 amide bonds. The van der Waals surface area contributed by atoms with Gasteiger partial charge in [0.25, 0.3) is 0 Å². The lowest BCUT2D eigenvalue weighted by molar-refractivity contribution is 0.234. The summed E-state index contributed by atoms with van der Waals surface area (Å²) in [5.74, 6) is 1.84. The highest BCUT2D eigenvalue weighted by molar-refractivity contribution is 5.31. The van der Waals surface area contributed by atoms with Gasteiger partial charge in [0.2, 0.25) is 0 Å². The van der Waals surface area contributed by atoms with Crippen molar-refractivity contribution in [3.8, 4) is 5.75 Å². The van der Waals surface area contributed by atoms with E-state index in [0.717, 1.165) is 24.8 Å². The van der Waals surface area contributed by atoms with Crippen LogP contribution in [0.4, 0.5) is 0 Å². The first-order valence-corrected chi connectivity index (χ1v) is 7.41. The van der Waals surface area contributed by atoms with Crippen LogP contribution in [0.3, 0.4) is 0 Å². The zero-order valence-corrected chi connectivity index (χ0v) is 12.8. The van der Waals surface area contributed by atoms with Crippen molar-refractivity contribution in [2.75, 3.05) is 26.2 Å². The Hall–Kier alpha value is -1.02. The molecule has 1 aromatic rings. The van der Waals surface area contributed by atoms with Crippen molar-refractivity contribution in [1.29, 1.82) is 0 Å². The van der Waals surface area contributed by atoms with Gasteiger partial charge in [0.05, 0.1) is 0 Å². The lowest BCUT2D eigenvalue weighted by Crippen LogP contribution is -2.25. The van der Waals surface area contributed by atoms with Crippen LogP contribution in [0, 0.1) is 5.92 Å². The molecule has 2 rings (SSSR count). The molecule has 1 saturated heterocycles. The molecular formula is C17H27NO. The normalized spacial score (nSPS) is 20.7. The number of rotatable bonds is 4. The Morgan fingerprint density at radius 2 is 1.89 bits per heavy atom. The maximum absolute atomic E-state index is 5.83. The van der Waals surface area contributed by atoms with Crippen LogP contribution in [-0.4, -0.2) is 31.1 Å². The second kappa shape index (κ2) is 5.96. The number of ether oxygens (including phenoxy) is 1. The molecule has 106 valence electrons. The Morgan fingerprint density at radius 3 is 2.42 bits per heavy atom. The van der Waals surface area contributed by atoms with Gasteiger partial charge in [-0.2, -0.15) is 0 Å². The first kappa shape index (κ1) is 14.4. The zero-order chi connectivity index (χ0) is 13.9. The summed E-state index contributed by atoms with van der Waals surface area (Å²) < 4.78 is 5.83. The van der Waals surface area contributed by atoms with Crippen LogP contribution in [0.15, 0.2) is 24.3 Å². The van der Waals surface area contributed by atoms with E-state index in [1.165, 1.54) is 25.1 Å². The third-order valence-corrected chi connectivity index (χ3v) is 3.90. The van der Waals surface area contributed by atoms with Crippen molar-refractivity contribution < 1.29 is 4.74 Å². The minimum absolute atomic E-state index is 0.213. The molecule has 1 heterocycles. The van der Waals surface area contributed by atoms with Crippen LogP contribution in [0.2, 0.25) is 0 Å². The summed E-state index contributed by atoms with van der Waals surface area (Å²) in [6.07, 6.45) is 1.33. The second-order valence-electron chi connectivity index (χ2n) is 6.82. The summed E-state index contributed by atoms with van der Waals surface area (Å²) in [4.78, 5) is 2.49. The van der Waals surface area contributed by atoms with Gasteiger partial charge >= 0.3 is 0 Å². The van der Waals surface area contributed by atoms with E-state index in [0.29, 0.717) is 0 Å². The fourth-order valence-corrected chi connectivity index (χ4v) is 2.57. The summed E-state index contributed by atoms with van der Waals surface area (Å²) in [5.41, 5.74) is 1.57. The fraction of sp³-hybridized carbons (Fsp3) is 0.647. The SMILES string of the molecule is C[C@@H]1CCN(CCOc2ccc(C(C)(C)C)cc2)C1. The molecule has 0 radical (unpaired) electrons. The summed E-state index contributed by atoms with van der Waals surface area (Å²) in [6, 6.07) is 8.53. The molecule has 1 aliphatic rings. The molecule has 1 aliphatic heterocycles. The summed E-state index contributed by atoms with van der Waals surface area (Å²) in [7, 11) is 0. The number of likely N-dealkylation sites (tertiary alicyclic amines) is 1. The Labute approximate surface area is 117 Å². The van der Waals surface area contributed by atoms with Gasteiger partial charge in [0.1, 0.15) is 12.4 Å². The molecule has 19 heavy (non-hydrogen) atoms. The number of benzene rings is 1. The van der Waals surface area contributed by atoms with Gasteiger partial charge in [-0.15, -0.1) is 0 Å². The monoisotopic (exact) mass is 261 g/mol. The number of nitrogens with zero attached hydrogens (tertiary/aromatic N) is 1. The van der Waals surface area contributed by atoms with Crippen LogP contribution < -0.4 is 4.74 Å². The topological polar surface area (TPSA) is 12.5 Å². The summed E-state index contributed by atoms with van der Waals surface area (Å²) >= 11 is 0. The largest absolute Gasteiger partial charge is 0.492 e. The van der Waals surface area contributed by atoms with Crippen LogP contribution in [0.5, 0.6) is 5.75 Å². The Balaban J connectivity index is 1.77. The first-order chi connectivity index (χ1) is 8.95. The Kier molecular flexibility index (Phi) is 4.51. The quantitative estimate of drug-likeness (QED) is 0.819. The van der Waals surface area contributed by atoms with E-state index in [1.807, 2.05) is 0 Å². The molecule has 0 spiro atoms. The average Bonchev–Trinajstić information content (AvgIpc) is 2.75. The van der Waals surface area contributed by atoms with Crippen molar-refractivity contribution in [3.63, 3.8) is 0 Å². The minimum atomic E-state index is 0.213. The van der Waals surface area contributed by atoms with Gasteiger partial charge in [0, 0.05) is 13.1 Å². The highest BCUT2D eigenvalue weighted by Crippen LogP contribution is 2.24. The summed E-state index contributed by atoms with van der Waals surface area (Å²) in [5, 5.41) is 0. The van der Waals surface area contributed by atoms with Crippen molar-refractivity contribution in [3.05, 3.63) is 29.8 Å². The summed E-state index contributed by atoms with van der Waals surface area (Å²) in [6.45, 7) is 13.3. The van der Waals surface area contributed by atoms with Crippen LogP contribution >= 0.6 is 0 Å². The molecule has 2 nitrogen and oxygen atoms in total. The van der Waals surface area contributed by atoms with Gasteiger partial charge in [-0.25, -0.2) is 0 Å². The molecule has 0 bridgehead atoms. The molecule has 0 saturated carbocycles. The van der Waals surface area contributed by atoms with Crippen LogP contribution in [0.1, 0.15) is 39.7 Å². The third kappa shape index (κ3) is 4.24. The molecule has 0 aliphatic carbocycles. The second-order valence-corrected chi connectivity index (χ2v) is 6.82. The van der Waals surface area contributed by atoms with Gasteiger partial charge < -0.3 is 4.74 Å². The van der Waals surface area contributed by atoms with Gasteiger partial charge in [-0.3, -0.25) is 4.90 Å². The lowest BCUT2D eigenvalue weighted by atomic mass is 9.87. The molecule has 1 aromatic carbocycles. The smallest absolute Gasteiger partial charge is 0.119 e. The molecule has 0 unspecified atom stereocenters. The van der Waals surface area contributed by atoms with E-state index in [4.69, 9.17) is 4.74 Å². The standard InChI is InChI=1S/C17H27NO/c1-14-9-10-18(13-14)11-12-19-16-7-5-15(6-8-16)17(2,3)4/h5-8,14H,9-13H2,1-4H3/t14-/m1/s1. The van der Waals surface area contributed by atoms with Crippen molar-refractivity contribution >= 4 is 0 Å². The zero-order valence-electron chi connectivity index (χ0n) is 12.8. The van der Waals surface area contributed by atoms with Gasteiger partial charge in [0.15, 0.2) is 0 Å². The number of hydrogen-bond donors (Lipinski definition) is 0. The maximum Gasteiger partial charge on any atom is 0.119 e. The van der Waals surface area contributed by atoms with E-state index >= 15 is 0 Å². The highest BCUT2D eigenvalue weighted by atomic mass is 16.5. The van der Waals surface area contributed by atoms with E-state index in [2.05, 4.69) is 56.9 Å². The van der Waals surface area contributed by atoms with Gasteiger partial charge in [-0.05, 0) is 42.0 Å². The van der Waals surface area contributed by atoms with Gasteiger partial charge in [-0.1, -0.05) is 39.8 Å². The van der Waals surface area contributed by atoms with Crippen molar-refractivity contribution in [2.45, 2.75) is 39.5 Å². The third-order valence-electron chi connectivity index (χ3n) is 3.90. The molecule has 1 atom stereocenters. The van der Waals surface area contributed by atoms with Crippen molar-refractivity contribution in [1.82, 2.24) is 4.90 Å². The van der Waals surface area contributed by atoms with Crippen molar-refractivity contribution in [2.24, 2.45) is 5.92 Å². The Morgan fingerprint density at radius 1 is 1.21 bits per heavy atom. The molecule has 1 fully saturated rings. The fourth-order valence-electron chi connectivity index (χ4n) is 2.57. The first-order valence-electron chi connectivity index (χ1n) is 7.41. The van der Waals surface area contributed by atoms with E-state index in [9.17, 15) is 0 Å². The minimum Gasteiger partial charge on any atom is -0.492 e. The van der Waals surface area contributed by atoms with Crippen LogP contribution in [0.25, 0.3) is 0 Å². The van der Waals surface area contributed by atoms with E-state index < -0.39 is 0 Å².